The summed E-state index contributed by atoms with van der Waals surface area (Å²) in [5.41, 5.74) is -0.505. The quantitative estimate of drug-likeness (QED) is 0.781. The zero-order valence-corrected chi connectivity index (χ0v) is 13.7. The molecule has 1 heteroatoms. The van der Waals surface area contributed by atoms with Crippen molar-refractivity contribution in [1.29, 1.82) is 0 Å². The minimum absolute atomic E-state index is 0.410. The van der Waals surface area contributed by atoms with Crippen LogP contribution >= 0.6 is 0 Å². The molecule has 0 aliphatic heterocycles. The third-order valence-electron chi connectivity index (χ3n) is 5.55. The van der Waals surface area contributed by atoms with Gasteiger partial charge in [0.1, 0.15) is 0 Å². The summed E-state index contributed by atoms with van der Waals surface area (Å²) in [6, 6.07) is 0. The highest BCUT2D eigenvalue weighted by Crippen LogP contribution is 2.52. The Bertz CT molecular complexity index is 265. The van der Waals surface area contributed by atoms with E-state index in [9.17, 15) is 5.11 Å². The van der Waals surface area contributed by atoms with Gasteiger partial charge in [-0.1, -0.05) is 48.5 Å². The van der Waals surface area contributed by atoms with Gasteiger partial charge in [-0.05, 0) is 54.8 Å². The van der Waals surface area contributed by atoms with E-state index >= 15 is 0 Å². The predicted molar refractivity (Wildman–Crippen MR) is 79.4 cm³/mol. The molecule has 0 bridgehead atoms. The van der Waals surface area contributed by atoms with Crippen LogP contribution in [0.2, 0.25) is 0 Å². The lowest BCUT2D eigenvalue weighted by Gasteiger charge is -2.55. The van der Waals surface area contributed by atoms with Crippen molar-refractivity contribution in [2.45, 2.75) is 67.4 Å². The molecule has 1 rings (SSSR count). The van der Waals surface area contributed by atoms with Crippen LogP contribution in [0.1, 0.15) is 61.8 Å². The molecule has 1 saturated carbocycles. The highest BCUT2D eigenvalue weighted by molar-refractivity contribution is 5.00. The van der Waals surface area contributed by atoms with Gasteiger partial charge < -0.3 is 5.11 Å². The Labute approximate surface area is 114 Å². The van der Waals surface area contributed by atoms with E-state index in [1.54, 1.807) is 0 Å². The number of aliphatic hydroxyl groups is 1. The predicted octanol–water partition coefficient (Wildman–Crippen LogP) is 4.59. The van der Waals surface area contributed by atoms with Gasteiger partial charge in [0.15, 0.2) is 0 Å². The molecule has 0 heterocycles. The topological polar surface area (TPSA) is 20.2 Å². The van der Waals surface area contributed by atoms with Crippen molar-refractivity contribution in [3.05, 3.63) is 0 Å². The van der Waals surface area contributed by atoms with Gasteiger partial charge in [-0.3, -0.25) is 0 Å². The van der Waals surface area contributed by atoms with Crippen LogP contribution in [0.4, 0.5) is 0 Å². The molecule has 0 radical (unpaired) electrons. The zero-order valence-electron chi connectivity index (χ0n) is 13.7. The second kappa shape index (κ2) is 5.53. The fourth-order valence-corrected chi connectivity index (χ4v) is 4.53. The fourth-order valence-electron chi connectivity index (χ4n) is 4.53. The van der Waals surface area contributed by atoms with E-state index in [2.05, 4.69) is 55.4 Å². The maximum absolute atomic E-state index is 11.0. The average Bonchev–Trinajstić information content (AvgIpc) is 2.19. The average molecular weight is 254 g/mol. The van der Waals surface area contributed by atoms with Crippen LogP contribution in [-0.4, -0.2) is 10.7 Å². The molecule has 5 unspecified atom stereocenters. The Morgan fingerprint density at radius 3 is 1.78 bits per heavy atom. The van der Waals surface area contributed by atoms with Crippen molar-refractivity contribution < 1.29 is 5.11 Å². The van der Waals surface area contributed by atoms with Crippen LogP contribution in [0.25, 0.3) is 0 Å². The highest BCUT2D eigenvalue weighted by Gasteiger charge is 2.51. The van der Waals surface area contributed by atoms with Crippen molar-refractivity contribution in [3.63, 3.8) is 0 Å². The summed E-state index contributed by atoms with van der Waals surface area (Å²) < 4.78 is 0. The molecule has 0 amide bonds. The lowest BCUT2D eigenvalue weighted by Crippen LogP contribution is -2.55. The zero-order chi connectivity index (χ0) is 14.2. The third kappa shape index (κ3) is 2.76. The first-order chi connectivity index (χ1) is 8.10. The van der Waals surface area contributed by atoms with Crippen LogP contribution in [0.5, 0.6) is 0 Å². The number of hydrogen-bond acceptors (Lipinski definition) is 1. The molecule has 108 valence electrons. The van der Waals surface area contributed by atoms with Gasteiger partial charge in [-0.15, -0.1) is 0 Å². The van der Waals surface area contributed by atoms with Crippen LogP contribution in [0.3, 0.4) is 0 Å². The Balaban J connectivity index is 3.17. The molecule has 1 nitrogen and oxygen atoms in total. The molecule has 0 spiro atoms. The van der Waals surface area contributed by atoms with E-state index in [0.29, 0.717) is 29.6 Å². The summed E-state index contributed by atoms with van der Waals surface area (Å²) in [4.78, 5) is 0. The SMILES string of the molecule is CC(C)C1CC(C)C(C)(O)C(C(C)C)C1C(C)C. The first-order valence-electron chi connectivity index (χ1n) is 7.83. The fraction of sp³-hybridized carbons (Fsp3) is 1.00. The maximum Gasteiger partial charge on any atom is 0.0678 e. The Morgan fingerprint density at radius 1 is 0.944 bits per heavy atom. The van der Waals surface area contributed by atoms with E-state index in [1.165, 1.54) is 6.42 Å². The lowest BCUT2D eigenvalue weighted by atomic mass is 9.53. The molecule has 0 saturated heterocycles. The molecule has 1 aliphatic rings. The van der Waals surface area contributed by atoms with Gasteiger partial charge in [0.05, 0.1) is 5.60 Å². The van der Waals surface area contributed by atoms with E-state index in [4.69, 9.17) is 0 Å². The smallest absolute Gasteiger partial charge is 0.0678 e. The summed E-state index contributed by atoms with van der Waals surface area (Å²) in [7, 11) is 0. The summed E-state index contributed by atoms with van der Waals surface area (Å²) in [6.45, 7) is 18.3. The monoisotopic (exact) mass is 254 g/mol. The van der Waals surface area contributed by atoms with Crippen LogP contribution in [0.15, 0.2) is 0 Å². The summed E-state index contributed by atoms with van der Waals surface area (Å²) in [5, 5.41) is 11.0. The molecule has 0 aromatic rings. The second-order valence-electron chi connectivity index (χ2n) is 7.86. The van der Waals surface area contributed by atoms with Gasteiger partial charge in [0.25, 0.3) is 0 Å². The molecular formula is C17H34O. The van der Waals surface area contributed by atoms with Gasteiger partial charge in [-0.2, -0.15) is 0 Å². The minimum atomic E-state index is -0.505. The molecule has 0 aromatic heterocycles. The van der Waals surface area contributed by atoms with Gasteiger partial charge in [0, 0.05) is 0 Å². The molecule has 5 atom stereocenters. The van der Waals surface area contributed by atoms with Gasteiger partial charge in [-0.25, -0.2) is 0 Å². The minimum Gasteiger partial charge on any atom is -0.390 e. The number of rotatable bonds is 3. The van der Waals surface area contributed by atoms with Crippen molar-refractivity contribution in [2.75, 3.05) is 0 Å². The summed E-state index contributed by atoms with van der Waals surface area (Å²) in [6.07, 6.45) is 1.18. The molecular weight excluding hydrogens is 220 g/mol. The van der Waals surface area contributed by atoms with Crippen LogP contribution in [0, 0.1) is 41.4 Å². The van der Waals surface area contributed by atoms with E-state index < -0.39 is 5.60 Å². The van der Waals surface area contributed by atoms with Gasteiger partial charge >= 0.3 is 0 Å². The van der Waals surface area contributed by atoms with E-state index in [1.807, 2.05) is 0 Å². The van der Waals surface area contributed by atoms with Crippen molar-refractivity contribution in [3.8, 4) is 0 Å². The highest BCUT2D eigenvalue weighted by atomic mass is 16.3. The second-order valence-corrected chi connectivity index (χ2v) is 7.86. The molecule has 18 heavy (non-hydrogen) atoms. The van der Waals surface area contributed by atoms with Crippen molar-refractivity contribution in [2.24, 2.45) is 41.4 Å². The van der Waals surface area contributed by atoms with Crippen LogP contribution in [-0.2, 0) is 0 Å². The van der Waals surface area contributed by atoms with Crippen LogP contribution < -0.4 is 0 Å². The number of hydrogen-bond donors (Lipinski definition) is 1. The lowest BCUT2D eigenvalue weighted by molar-refractivity contribution is -0.151. The van der Waals surface area contributed by atoms with E-state index in [0.717, 1.165) is 11.8 Å². The maximum atomic E-state index is 11.0. The molecule has 1 N–H and O–H groups in total. The van der Waals surface area contributed by atoms with E-state index in [-0.39, 0.29) is 0 Å². The molecule has 0 aromatic carbocycles. The van der Waals surface area contributed by atoms with Crippen molar-refractivity contribution in [1.82, 2.24) is 0 Å². The molecule has 1 aliphatic carbocycles. The summed E-state index contributed by atoms with van der Waals surface area (Å²) in [5.74, 6) is 4.17. The Kier molecular flexibility index (Phi) is 4.92. The van der Waals surface area contributed by atoms with Crippen molar-refractivity contribution >= 4 is 0 Å². The normalized spacial score (nSPS) is 42.0. The first-order valence-corrected chi connectivity index (χ1v) is 7.83. The molecule has 1 fully saturated rings. The van der Waals surface area contributed by atoms with Gasteiger partial charge in [0.2, 0.25) is 0 Å². The largest absolute Gasteiger partial charge is 0.390 e. The Hall–Kier alpha value is -0.0400. The Morgan fingerprint density at radius 2 is 1.44 bits per heavy atom. The third-order valence-corrected chi connectivity index (χ3v) is 5.55. The first kappa shape index (κ1) is 16.0. The summed E-state index contributed by atoms with van der Waals surface area (Å²) >= 11 is 0. The standard InChI is InChI=1S/C17H34O/c1-10(2)14-9-13(7)17(8,18)16(12(5)6)15(14)11(3)4/h10-16,18H,9H2,1-8H3.